The molecule has 82 valence electrons. The van der Waals surface area contributed by atoms with E-state index in [1.807, 2.05) is 0 Å². The molecule has 0 heterocycles. The quantitative estimate of drug-likeness (QED) is 0.481. The third-order valence-electron chi connectivity index (χ3n) is 1.33. The van der Waals surface area contributed by atoms with Crippen LogP contribution in [0.1, 0.15) is 20.7 Å². The molecule has 0 spiro atoms. The van der Waals surface area contributed by atoms with E-state index in [0.717, 1.165) is 12.7 Å². The van der Waals surface area contributed by atoms with Crippen molar-refractivity contribution in [2.75, 3.05) is 6.67 Å². The molecule has 0 saturated carbocycles. The van der Waals surface area contributed by atoms with Gasteiger partial charge in [-0.05, 0) is 17.2 Å². The average molecular weight is 212 g/mol. The molecule has 0 unspecified atom stereocenters. The normalized spacial score (nSPS) is 8.67. The fourth-order valence-electron chi connectivity index (χ4n) is 0.773. The van der Waals surface area contributed by atoms with E-state index in [1.54, 1.807) is 0 Å². The molecule has 1 rings (SSSR count). The Bertz CT molecular complexity index is 322. The molecule has 6 N–H and O–H groups in total. The second-order valence-corrected chi connectivity index (χ2v) is 2.51. The van der Waals surface area contributed by atoms with Crippen LogP contribution < -0.4 is 21.7 Å². The Morgan fingerprint density at radius 3 is 1.67 bits per heavy atom. The highest BCUT2D eigenvalue weighted by Gasteiger charge is 1.96. The van der Waals surface area contributed by atoms with Crippen molar-refractivity contribution >= 4 is 11.9 Å². The van der Waals surface area contributed by atoms with Gasteiger partial charge >= 0.3 is 0 Å². The first-order chi connectivity index (χ1) is 7.02. The van der Waals surface area contributed by atoms with Crippen LogP contribution in [0.3, 0.4) is 0 Å². The summed E-state index contributed by atoms with van der Waals surface area (Å²) in [5.41, 5.74) is 6.41. The van der Waals surface area contributed by atoms with E-state index in [0.29, 0.717) is 0 Å². The maximum absolute atomic E-state index is 10.3. The molecule has 0 aliphatic carbocycles. The Kier molecular flexibility index (Phi) is 5.69. The number of carboxylic acid groups (broad SMARTS) is 2. The summed E-state index contributed by atoms with van der Waals surface area (Å²) < 4.78 is 0. The van der Waals surface area contributed by atoms with E-state index in [-0.39, 0.29) is 11.1 Å². The van der Waals surface area contributed by atoms with E-state index in [4.69, 9.17) is 0 Å². The number of carbonyl (C=O) groups is 2. The topological polar surface area (TPSA) is 136 Å². The monoisotopic (exact) mass is 212 g/mol. The number of carboxylic acids is 2. The molecular formula is C9H12N2O4. The van der Waals surface area contributed by atoms with E-state index in [9.17, 15) is 19.8 Å². The first kappa shape index (κ1) is 13.1. The molecule has 0 aromatic heterocycles. The van der Waals surface area contributed by atoms with Gasteiger partial charge in [0, 0.05) is 0 Å². The average Bonchev–Trinajstić information content (AvgIpc) is 2.19. The van der Waals surface area contributed by atoms with Gasteiger partial charge in [-0.15, -0.1) is 0 Å². The molecule has 0 bridgehead atoms. The predicted octanol–water partition coefficient (Wildman–Crippen LogP) is -4.16. The van der Waals surface area contributed by atoms with Crippen molar-refractivity contribution in [1.82, 2.24) is 0 Å². The Labute approximate surface area is 86.1 Å². The van der Waals surface area contributed by atoms with Crippen LogP contribution in [-0.4, -0.2) is 18.6 Å². The van der Waals surface area contributed by atoms with Gasteiger partial charge in [-0.1, -0.05) is 18.2 Å². The molecule has 0 atom stereocenters. The van der Waals surface area contributed by atoms with Crippen LogP contribution in [0.4, 0.5) is 0 Å². The van der Waals surface area contributed by atoms with Gasteiger partial charge in [-0.3, -0.25) is 0 Å². The summed E-state index contributed by atoms with van der Waals surface area (Å²) in [7, 11) is 0. The Balaban J connectivity index is 0.000000583. The largest absolute Gasteiger partial charge is 0.545 e. The minimum atomic E-state index is -1.40. The van der Waals surface area contributed by atoms with Gasteiger partial charge in [0.25, 0.3) is 0 Å². The number of rotatable bonds is 2. The van der Waals surface area contributed by atoms with Crippen LogP contribution in [0.15, 0.2) is 24.3 Å². The van der Waals surface area contributed by atoms with Crippen molar-refractivity contribution in [2.45, 2.75) is 0 Å². The molecule has 1 aromatic rings. The molecule has 1 aromatic carbocycles. The number of aromatic carboxylic acids is 2. The summed E-state index contributed by atoms with van der Waals surface area (Å²) in [6.07, 6.45) is 0. The summed E-state index contributed by atoms with van der Waals surface area (Å²) >= 11 is 0. The van der Waals surface area contributed by atoms with Crippen LogP contribution in [0.5, 0.6) is 0 Å². The molecular weight excluding hydrogens is 200 g/mol. The molecule has 0 saturated heterocycles. The third kappa shape index (κ3) is 4.75. The maximum Gasteiger partial charge on any atom is 0.198 e. The lowest BCUT2D eigenvalue weighted by molar-refractivity contribution is -0.596. The summed E-state index contributed by atoms with van der Waals surface area (Å²) in [5.74, 6) is -2.81. The zero-order valence-corrected chi connectivity index (χ0v) is 8.06. The van der Waals surface area contributed by atoms with Crippen molar-refractivity contribution in [2.24, 2.45) is 0 Å². The zero-order chi connectivity index (χ0) is 11.8. The minimum absolute atomic E-state index is 0.170. The van der Waals surface area contributed by atoms with Crippen LogP contribution in [0, 0.1) is 0 Å². The molecule has 6 nitrogen and oxygen atoms in total. The van der Waals surface area contributed by atoms with Gasteiger partial charge in [0.2, 0.25) is 0 Å². The predicted molar refractivity (Wildman–Crippen MR) is 45.7 cm³/mol. The standard InChI is InChI=1S/C8H6O4.CH6N2/c9-7(10)5-2-1-3-6(4-5)8(11)12;2-1-3/h1-4H,(H,9,10)(H,11,12);1-3H2. The number of carbonyl (C=O) groups excluding carboxylic acids is 2. The lowest BCUT2D eigenvalue weighted by Gasteiger charge is -2.05. The highest BCUT2D eigenvalue weighted by atomic mass is 16.4. The van der Waals surface area contributed by atoms with Gasteiger partial charge in [0.15, 0.2) is 6.67 Å². The number of benzene rings is 1. The summed E-state index contributed by atoms with van der Waals surface area (Å²) in [6.45, 7) is 0.750. The Hall–Kier alpha value is -1.92. The van der Waals surface area contributed by atoms with Crippen molar-refractivity contribution in [3.8, 4) is 0 Å². The molecule has 15 heavy (non-hydrogen) atoms. The van der Waals surface area contributed by atoms with E-state index >= 15 is 0 Å². The molecule has 0 aliphatic heterocycles. The zero-order valence-electron chi connectivity index (χ0n) is 8.06. The molecule has 0 aliphatic rings. The lowest BCUT2D eigenvalue weighted by Crippen LogP contribution is -2.74. The van der Waals surface area contributed by atoms with E-state index in [2.05, 4.69) is 11.5 Å². The van der Waals surface area contributed by atoms with Gasteiger partial charge in [-0.25, -0.2) is 0 Å². The number of quaternary nitrogens is 2. The summed E-state index contributed by atoms with van der Waals surface area (Å²) in [5, 5.41) is 20.5. The fourth-order valence-corrected chi connectivity index (χ4v) is 0.773. The Morgan fingerprint density at radius 1 is 1.07 bits per heavy atom. The highest BCUT2D eigenvalue weighted by molar-refractivity contribution is 5.91. The summed E-state index contributed by atoms with van der Waals surface area (Å²) in [4.78, 5) is 20.5. The fraction of sp³-hybridized carbons (Fsp3) is 0.111. The molecule has 0 fully saturated rings. The van der Waals surface area contributed by atoms with Crippen LogP contribution in [0.25, 0.3) is 0 Å². The number of hydrogen-bond donors (Lipinski definition) is 2. The SMILES string of the molecule is O=C([O-])c1cccc(C(=O)[O-])c1.[NH3+]C[NH3+]. The Morgan fingerprint density at radius 2 is 1.40 bits per heavy atom. The van der Waals surface area contributed by atoms with Crippen LogP contribution in [0.2, 0.25) is 0 Å². The molecule has 6 heteroatoms. The second-order valence-electron chi connectivity index (χ2n) is 2.51. The van der Waals surface area contributed by atoms with Crippen molar-refractivity contribution in [3.63, 3.8) is 0 Å². The second kappa shape index (κ2) is 6.52. The maximum atomic E-state index is 10.3. The van der Waals surface area contributed by atoms with Crippen molar-refractivity contribution < 1.29 is 31.3 Å². The molecule has 0 amide bonds. The third-order valence-corrected chi connectivity index (χ3v) is 1.33. The first-order valence-corrected chi connectivity index (χ1v) is 4.14. The molecule has 0 radical (unpaired) electrons. The first-order valence-electron chi connectivity index (χ1n) is 4.14. The van der Waals surface area contributed by atoms with Gasteiger partial charge in [0.05, 0.1) is 11.9 Å². The van der Waals surface area contributed by atoms with Gasteiger partial charge < -0.3 is 31.3 Å². The van der Waals surface area contributed by atoms with E-state index < -0.39 is 11.9 Å². The number of hydrogen-bond acceptors (Lipinski definition) is 4. The van der Waals surface area contributed by atoms with Crippen LogP contribution >= 0.6 is 0 Å². The minimum Gasteiger partial charge on any atom is -0.545 e. The smallest absolute Gasteiger partial charge is 0.198 e. The lowest BCUT2D eigenvalue weighted by atomic mass is 10.1. The van der Waals surface area contributed by atoms with Gasteiger partial charge in [-0.2, -0.15) is 0 Å². The van der Waals surface area contributed by atoms with Gasteiger partial charge in [0.1, 0.15) is 0 Å². The van der Waals surface area contributed by atoms with Crippen molar-refractivity contribution in [1.29, 1.82) is 0 Å². The van der Waals surface area contributed by atoms with Crippen molar-refractivity contribution in [3.05, 3.63) is 35.4 Å². The summed E-state index contributed by atoms with van der Waals surface area (Å²) in [6, 6.07) is 4.81. The van der Waals surface area contributed by atoms with Crippen LogP contribution in [-0.2, 0) is 0 Å². The van der Waals surface area contributed by atoms with E-state index in [1.165, 1.54) is 18.2 Å². The highest BCUT2D eigenvalue weighted by Crippen LogP contribution is 2.02.